The monoisotopic (exact) mass is 272 g/mol. The molecule has 0 radical (unpaired) electrons. The Hall–Kier alpha value is -1.11. The molecule has 1 aliphatic rings. The van der Waals surface area contributed by atoms with Crippen LogP contribution in [0.25, 0.3) is 0 Å². The van der Waals surface area contributed by atoms with Gasteiger partial charge in [0.25, 0.3) is 0 Å². The van der Waals surface area contributed by atoms with Gasteiger partial charge in [0.05, 0.1) is 11.0 Å². The van der Waals surface area contributed by atoms with E-state index in [0.29, 0.717) is 17.8 Å². The molecular formula is C11H17FN4OS. The van der Waals surface area contributed by atoms with Crippen LogP contribution in [0.5, 0.6) is 0 Å². The summed E-state index contributed by atoms with van der Waals surface area (Å²) in [6.45, 7) is 5.32. The van der Waals surface area contributed by atoms with Crippen molar-refractivity contribution in [1.29, 1.82) is 0 Å². The van der Waals surface area contributed by atoms with Gasteiger partial charge in [-0.05, 0) is 20.8 Å². The van der Waals surface area contributed by atoms with Crippen molar-refractivity contribution in [3.05, 3.63) is 11.4 Å². The Morgan fingerprint density at radius 1 is 1.39 bits per heavy atom. The molecular weight excluding hydrogens is 255 g/mol. The average molecular weight is 272 g/mol. The molecule has 0 saturated carbocycles. The molecule has 0 spiro atoms. The third-order valence-corrected chi connectivity index (χ3v) is 3.28. The maximum absolute atomic E-state index is 13.5. The van der Waals surface area contributed by atoms with Crippen LogP contribution in [0.3, 0.4) is 0 Å². The Bertz CT molecular complexity index is 483. The van der Waals surface area contributed by atoms with Gasteiger partial charge in [-0.1, -0.05) is 5.16 Å². The number of rotatable bonds is 3. The zero-order valence-corrected chi connectivity index (χ0v) is 11.8. The van der Waals surface area contributed by atoms with E-state index in [1.54, 1.807) is 7.05 Å². The van der Waals surface area contributed by atoms with E-state index >= 15 is 0 Å². The van der Waals surface area contributed by atoms with Crippen LogP contribution in [0.1, 0.15) is 50.0 Å². The normalized spacial score (nSPS) is 21.3. The first-order valence-electron chi connectivity index (χ1n) is 5.78. The molecule has 0 fully saturated rings. The van der Waals surface area contributed by atoms with Crippen molar-refractivity contribution in [3.63, 3.8) is 0 Å². The minimum atomic E-state index is -1.18. The van der Waals surface area contributed by atoms with Crippen LogP contribution in [0, 0.1) is 0 Å². The van der Waals surface area contributed by atoms with E-state index < -0.39 is 6.17 Å². The Morgan fingerprint density at radius 2 is 2.00 bits per heavy atom. The largest absolute Gasteiger partial charge is 0.389 e. The van der Waals surface area contributed by atoms with E-state index in [-0.39, 0.29) is 10.9 Å². The molecule has 0 saturated heterocycles. The Morgan fingerprint density at radius 3 is 2.50 bits per heavy atom. The molecule has 18 heavy (non-hydrogen) atoms. The SMILES string of the molecule is CC(F)c1nn(C)nc1C(S)C1=NOC(C)(C)C1. The Kier molecular flexibility index (Phi) is 3.35. The second-order valence-corrected chi connectivity index (χ2v) is 5.61. The highest BCUT2D eigenvalue weighted by atomic mass is 32.1. The minimum Gasteiger partial charge on any atom is -0.389 e. The van der Waals surface area contributed by atoms with Crippen LogP contribution in [-0.2, 0) is 11.9 Å². The number of hydrogen-bond acceptors (Lipinski definition) is 5. The fourth-order valence-electron chi connectivity index (χ4n) is 1.90. The highest BCUT2D eigenvalue weighted by molar-refractivity contribution is 7.81. The molecule has 2 heterocycles. The van der Waals surface area contributed by atoms with Crippen molar-refractivity contribution in [2.75, 3.05) is 0 Å². The number of halogens is 1. The zero-order chi connectivity index (χ0) is 13.5. The number of hydrogen-bond donors (Lipinski definition) is 1. The van der Waals surface area contributed by atoms with Gasteiger partial charge in [0.2, 0.25) is 0 Å². The van der Waals surface area contributed by atoms with Gasteiger partial charge < -0.3 is 4.84 Å². The molecule has 0 N–H and O–H groups in total. The van der Waals surface area contributed by atoms with Gasteiger partial charge >= 0.3 is 0 Å². The molecule has 0 amide bonds. The van der Waals surface area contributed by atoms with Crippen LogP contribution in [0.4, 0.5) is 4.39 Å². The van der Waals surface area contributed by atoms with Gasteiger partial charge in [0.15, 0.2) is 0 Å². The average Bonchev–Trinajstić information content (AvgIpc) is 2.80. The summed E-state index contributed by atoms with van der Waals surface area (Å²) in [4.78, 5) is 6.65. The quantitative estimate of drug-likeness (QED) is 0.859. The van der Waals surface area contributed by atoms with Gasteiger partial charge in [0, 0.05) is 13.5 Å². The fourth-order valence-corrected chi connectivity index (χ4v) is 2.22. The lowest BCUT2D eigenvalue weighted by Crippen LogP contribution is -2.20. The second-order valence-electron chi connectivity index (χ2n) is 5.09. The first kappa shape index (κ1) is 13.3. The molecule has 0 bridgehead atoms. The first-order valence-corrected chi connectivity index (χ1v) is 6.30. The molecule has 2 atom stereocenters. The number of aryl methyl sites for hydroxylation is 1. The van der Waals surface area contributed by atoms with E-state index in [9.17, 15) is 4.39 Å². The van der Waals surface area contributed by atoms with Crippen LogP contribution in [-0.4, -0.2) is 26.3 Å². The Labute approximate surface area is 111 Å². The van der Waals surface area contributed by atoms with Gasteiger partial charge in [-0.3, -0.25) is 0 Å². The Balaban J connectivity index is 2.27. The molecule has 2 unspecified atom stereocenters. The summed E-state index contributed by atoms with van der Waals surface area (Å²) in [5.41, 5.74) is 1.24. The molecule has 0 aliphatic carbocycles. The van der Waals surface area contributed by atoms with E-state index in [1.165, 1.54) is 11.7 Å². The maximum Gasteiger partial charge on any atom is 0.143 e. The van der Waals surface area contributed by atoms with Gasteiger partial charge in [-0.25, -0.2) is 4.39 Å². The van der Waals surface area contributed by atoms with Crippen LogP contribution in [0.15, 0.2) is 5.16 Å². The number of aromatic nitrogens is 3. The summed E-state index contributed by atoms with van der Waals surface area (Å²) < 4.78 is 13.5. The molecule has 7 heteroatoms. The zero-order valence-electron chi connectivity index (χ0n) is 10.9. The highest BCUT2D eigenvalue weighted by Crippen LogP contribution is 2.34. The summed E-state index contributed by atoms with van der Waals surface area (Å²) in [6, 6.07) is 0. The summed E-state index contributed by atoms with van der Waals surface area (Å²) in [5.74, 6) is 0. The van der Waals surface area contributed by atoms with Gasteiger partial charge in [-0.15, -0.1) is 0 Å². The molecule has 2 rings (SSSR count). The third-order valence-electron chi connectivity index (χ3n) is 2.74. The van der Waals surface area contributed by atoms with Crippen molar-refractivity contribution in [2.45, 2.75) is 44.2 Å². The molecule has 100 valence electrons. The summed E-state index contributed by atoms with van der Waals surface area (Å²) in [5, 5.41) is 11.8. The number of alkyl halides is 1. The molecule has 5 nitrogen and oxygen atoms in total. The lowest BCUT2D eigenvalue weighted by molar-refractivity contribution is 0.0123. The van der Waals surface area contributed by atoms with Crippen LogP contribution in [0.2, 0.25) is 0 Å². The van der Waals surface area contributed by atoms with Gasteiger partial charge in [-0.2, -0.15) is 27.6 Å². The standard InChI is InChI=1S/C11H17FN4OS/c1-6(12)8-9(14-16(4)13-8)10(18)7-5-11(2,3)17-15-7/h6,10,18H,5H2,1-4H3. The summed E-state index contributed by atoms with van der Waals surface area (Å²) in [6.07, 6.45) is -0.531. The van der Waals surface area contributed by atoms with Crippen molar-refractivity contribution in [3.8, 4) is 0 Å². The van der Waals surface area contributed by atoms with Crippen molar-refractivity contribution in [1.82, 2.24) is 15.0 Å². The lowest BCUT2D eigenvalue weighted by atomic mass is 9.99. The smallest absolute Gasteiger partial charge is 0.143 e. The molecule has 1 aromatic heterocycles. The van der Waals surface area contributed by atoms with E-state index in [4.69, 9.17) is 4.84 Å². The van der Waals surface area contributed by atoms with E-state index in [0.717, 1.165) is 5.71 Å². The third kappa shape index (κ3) is 2.50. The highest BCUT2D eigenvalue weighted by Gasteiger charge is 2.35. The summed E-state index contributed by atoms with van der Waals surface area (Å²) >= 11 is 4.48. The predicted octanol–water partition coefficient (Wildman–Crippen LogP) is 2.37. The topological polar surface area (TPSA) is 52.3 Å². The number of nitrogens with zero attached hydrogens (tertiary/aromatic N) is 4. The van der Waals surface area contributed by atoms with Gasteiger partial charge in [0.1, 0.15) is 23.2 Å². The van der Waals surface area contributed by atoms with Crippen LogP contribution >= 0.6 is 12.6 Å². The van der Waals surface area contributed by atoms with Crippen molar-refractivity contribution < 1.29 is 9.23 Å². The summed E-state index contributed by atoms with van der Waals surface area (Å²) in [7, 11) is 1.66. The van der Waals surface area contributed by atoms with E-state index in [2.05, 4.69) is 28.0 Å². The second kappa shape index (κ2) is 4.53. The fraction of sp³-hybridized carbons (Fsp3) is 0.727. The van der Waals surface area contributed by atoms with Crippen LogP contribution < -0.4 is 0 Å². The molecule has 1 aliphatic heterocycles. The number of thiol groups is 1. The first-order chi connectivity index (χ1) is 8.30. The lowest BCUT2D eigenvalue weighted by Gasteiger charge is -2.14. The van der Waals surface area contributed by atoms with E-state index in [1.807, 2.05) is 13.8 Å². The predicted molar refractivity (Wildman–Crippen MR) is 69.5 cm³/mol. The molecule has 0 aromatic carbocycles. The minimum absolute atomic E-state index is 0.310. The van der Waals surface area contributed by atoms with Crippen molar-refractivity contribution in [2.24, 2.45) is 12.2 Å². The number of oxime groups is 1. The van der Waals surface area contributed by atoms with Crippen molar-refractivity contribution >= 4 is 18.3 Å². The maximum atomic E-state index is 13.5. The molecule has 1 aromatic rings.